The number of carboxylic acids is 1. The lowest BCUT2D eigenvalue weighted by Gasteiger charge is -2.11. The van der Waals surface area contributed by atoms with Crippen LogP contribution in [0.25, 0.3) is 11.0 Å². The number of rotatable bonds is 7. The minimum atomic E-state index is -1.36. The molecule has 0 aliphatic heterocycles. The number of anilines is 1. The molecule has 0 radical (unpaired) electrons. The molecular weight excluding hydrogens is 366 g/mol. The van der Waals surface area contributed by atoms with Crippen LogP contribution in [0, 0.1) is 0 Å². The largest absolute Gasteiger partial charge is 0.609 e. The van der Waals surface area contributed by atoms with Crippen molar-refractivity contribution in [2.24, 2.45) is 0 Å². The van der Waals surface area contributed by atoms with Crippen molar-refractivity contribution in [2.45, 2.75) is 18.4 Å². The van der Waals surface area contributed by atoms with E-state index in [1.165, 1.54) is 12.1 Å². The molecule has 0 aliphatic carbocycles. The number of carbonyl (C=O) groups is 1. The lowest BCUT2D eigenvalue weighted by molar-refractivity contribution is 0.0698. The van der Waals surface area contributed by atoms with Gasteiger partial charge in [0, 0.05) is 23.4 Å². The average Bonchev–Trinajstić information content (AvgIpc) is 2.68. The standard InChI is InChI=1S/C20H19NO5S/c1-2-27(25)18-12-17(22)15-8-5-6-13(19(15)26-18)10-11-21-16-9-4-3-7-14(16)20(23)24/h3-9,12,21H,2,10-11H2,1H3,(H,23,24)/t27-/m0/s1. The maximum absolute atomic E-state index is 12.3. The molecule has 140 valence electrons. The van der Waals surface area contributed by atoms with Crippen LogP contribution in [0.4, 0.5) is 5.69 Å². The smallest absolute Gasteiger partial charge is 0.337 e. The number of fused-ring (bicyclic) bond motifs is 1. The van der Waals surface area contributed by atoms with Crippen molar-refractivity contribution in [2.75, 3.05) is 17.6 Å². The van der Waals surface area contributed by atoms with E-state index in [-0.39, 0.29) is 16.1 Å². The lowest BCUT2D eigenvalue weighted by Crippen LogP contribution is -2.12. The molecule has 0 aliphatic rings. The average molecular weight is 385 g/mol. The summed E-state index contributed by atoms with van der Waals surface area (Å²) in [5.41, 5.74) is 1.72. The van der Waals surface area contributed by atoms with Gasteiger partial charge in [-0.05, 0) is 37.1 Å². The number of carboxylic acid groups (broad SMARTS) is 1. The van der Waals surface area contributed by atoms with Gasteiger partial charge >= 0.3 is 11.1 Å². The van der Waals surface area contributed by atoms with Crippen molar-refractivity contribution in [1.82, 2.24) is 0 Å². The zero-order chi connectivity index (χ0) is 19.4. The van der Waals surface area contributed by atoms with Gasteiger partial charge in [-0.1, -0.05) is 24.3 Å². The predicted molar refractivity (Wildman–Crippen MR) is 105 cm³/mol. The van der Waals surface area contributed by atoms with E-state index in [1.807, 2.05) is 6.07 Å². The molecule has 0 spiro atoms. The first kappa shape index (κ1) is 19.0. The third kappa shape index (κ3) is 4.15. The summed E-state index contributed by atoms with van der Waals surface area (Å²) in [5.74, 6) is -0.634. The summed E-state index contributed by atoms with van der Waals surface area (Å²) in [6.07, 6.45) is 0.510. The number of para-hydroxylation sites is 2. The fraction of sp³-hybridized carbons (Fsp3) is 0.200. The van der Waals surface area contributed by atoms with Gasteiger partial charge in [-0.3, -0.25) is 4.79 Å². The van der Waals surface area contributed by atoms with E-state index in [4.69, 9.17) is 4.42 Å². The van der Waals surface area contributed by atoms with E-state index in [1.54, 1.807) is 37.3 Å². The first-order valence-electron chi connectivity index (χ1n) is 8.51. The quantitative estimate of drug-likeness (QED) is 0.605. The Bertz CT molecular complexity index is 1030. The second kappa shape index (κ2) is 8.28. The normalized spacial score (nSPS) is 12.1. The third-order valence-corrected chi connectivity index (χ3v) is 5.34. The van der Waals surface area contributed by atoms with Crippen molar-refractivity contribution in [3.63, 3.8) is 0 Å². The Hall–Kier alpha value is -2.77. The van der Waals surface area contributed by atoms with Crippen molar-refractivity contribution in [3.8, 4) is 0 Å². The van der Waals surface area contributed by atoms with Crippen molar-refractivity contribution < 1.29 is 18.9 Å². The van der Waals surface area contributed by atoms with Crippen LogP contribution in [0.15, 0.2) is 62.8 Å². The zero-order valence-corrected chi connectivity index (χ0v) is 15.5. The van der Waals surface area contributed by atoms with Gasteiger partial charge in [0.05, 0.1) is 17.0 Å². The molecule has 0 saturated heterocycles. The van der Waals surface area contributed by atoms with Crippen LogP contribution in [0.2, 0.25) is 0 Å². The Labute approximate surface area is 159 Å². The zero-order valence-electron chi connectivity index (χ0n) is 14.7. The summed E-state index contributed by atoms with van der Waals surface area (Å²) in [6, 6.07) is 13.2. The number of nitrogens with one attached hydrogen (secondary N) is 1. The molecule has 0 unspecified atom stereocenters. The Morgan fingerprint density at radius 2 is 2.00 bits per heavy atom. The molecular formula is C20H19NO5S. The highest BCUT2D eigenvalue weighted by molar-refractivity contribution is 7.91. The van der Waals surface area contributed by atoms with Crippen molar-refractivity contribution >= 4 is 33.8 Å². The molecule has 1 heterocycles. The van der Waals surface area contributed by atoms with Crippen molar-refractivity contribution in [1.29, 1.82) is 0 Å². The fourth-order valence-electron chi connectivity index (χ4n) is 2.82. The number of hydrogen-bond donors (Lipinski definition) is 2. The van der Waals surface area contributed by atoms with Crippen LogP contribution < -0.4 is 10.7 Å². The Morgan fingerprint density at radius 1 is 1.22 bits per heavy atom. The molecule has 0 amide bonds. The molecule has 2 N–H and O–H groups in total. The Morgan fingerprint density at radius 3 is 2.74 bits per heavy atom. The van der Waals surface area contributed by atoms with E-state index >= 15 is 0 Å². The first-order valence-corrected chi connectivity index (χ1v) is 9.83. The van der Waals surface area contributed by atoms with E-state index < -0.39 is 17.1 Å². The molecule has 0 bridgehead atoms. The van der Waals surface area contributed by atoms with Gasteiger partial charge < -0.3 is 19.4 Å². The summed E-state index contributed by atoms with van der Waals surface area (Å²) >= 11 is -1.36. The third-order valence-electron chi connectivity index (χ3n) is 4.17. The molecule has 1 aromatic heterocycles. The maximum Gasteiger partial charge on any atom is 0.337 e. The summed E-state index contributed by atoms with van der Waals surface area (Å²) < 4.78 is 17.8. The summed E-state index contributed by atoms with van der Waals surface area (Å²) in [5, 5.41) is 13.0. The molecule has 0 saturated carbocycles. The first-order chi connectivity index (χ1) is 13.0. The van der Waals surface area contributed by atoms with Crippen LogP contribution in [-0.4, -0.2) is 27.9 Å². The van der Waals surface area contributed by atoms with Gasteiger partial charge in [0.1, 0.15) is 11.3 Å². The van der Waals surface area contributed by atoms with Gasteiger partial charge in [0.25, 0.3) is 0 Å². The molecule has 7 heteroatoms. The minimum absolute atomic E-state index is 0.173. The topological polar surface area (TPSA) is 103 Å². The molecule has 6 nitrogen and oxygen atoms in total. The predicted octanol–water partition coefficient (Wildman–Crippen LogP) is 3.27. The number of aromatic carboxylic acids is 1. The van der Waals surface area contributed by atoms with Crippen LogP contribution >= 0.6 is 0 Å². The van der Waals surface area contributed by atoms with E-state index in [0.29, 0.717) is 35.4 Å². The summed E-state index contributed by atoms with van der Waals surface area (Å²) in [4.78, 5) is 23.6. The summed E-state index contributed by atoms with van der Waals surface area (Å²) in [6.45, 7) is 2.21. The van der Waals surface area contributed by atoms with Gasteiger partial charge in [-0.2, -0.15) is 0 Å². The molecule has 3 aromatic rings. The van der Waals surface area contributed by atoms with E-state index in [2.05, 4.69) is 5.32 Å². The SMILES string of the molecule is CC[S@+]([O-])c1cc(=O)c2cccc(CCNc3ccccc3C(=O)O)c2o1. The van der Waals surface area contributed by atoms with Gasteiger partial charge in [-0.15, -0.1) is 0 Å². The lowest BCUT2D eigenvalue weighted by atomic mass is 10.1. The maximum atomic E-state index is 12.3. The molecule has 0 fully saturated rings. The molecule has 3 rings (SSSR count). The van der Waals surface area contributed by atoms with Crippen LogP contribution in [0.3, 0.4) is 0 Å². The van der Waals surface area contributed by atoms with Gasteiger partial charge in [0.2, 0.25) is 0 Å². The highest BCUT2D eigenvalue weighted by Gasteiger charge is 2.16. The number of benzene rings is 2. The molecule has 1 atom stereocenters. The molecule has 2 aromatic carbocycles. The Kier molecular flexibility index (Phi) is 5.83. The fourth-order valence-corrected chi connectivity index (χ4v) is 3.52. The van der Waals surface area contributed by atoms with E-state index in [0.717, 1.165) is 5.56 Å². The van der Waals surface area contributed by atoms with Crippen LogP contribution in [0.5, 0.6) is 0 Å². The van der Waals surface area contributed by atoms with Crippen LogP contribution in [0.1, 0.15) is 22.8 Å². The van der Waals surface area contributed by atoms with E-state index in [9.17, 15) is 19.2 Å². The second-order valence-electron chi connectivity index (χ2n) is 5.89. The highest BCUT2D eigenvalue weighted by atomic mass is 32.2. The summed E-state index contributed by atoms with van der Waals surface area (Å²) in [7, 11) is 0. The highest BCUT2D eigenvalue weighted by Crippen LogP contribution is 2.22. The second-order valence-corrected chi connectivity index (χ2v) is 7.56. The van der Waals surface area contributed by atoms with Crippen LogP contribution in [-0.2, 0) is 17.6 Å². The minimum Gasteiger partial charge on any atom is -0.609 e. The number of hydrogen-bond acceptors (Lipinski definition) is 5. The van der Waals surface area contributed by atoms with Crippen molar-refractivity contribution in [3.05, 3.63) is 69.9 Å². The van der Waals surface area contributed by atoms with Gasteiger partial charge in [-0.25, -0.2) is 4.79 Å². The monoisotopic (exact) mass is 385 g/mol. The van der Waals surface area contributed by atoms with Gasteiger partial charge in [0.15, 0.2) is 5.43 Å². The molecule has 27 heavy (non-hydrogen) atoms. The Balaban J connectivity index is 1.86.